The number of anilines is 1. The van der Waals surface area contributed by atoms with Crippen molar-refractivity contribution in [1.82, 2.24) is 10.2 Å². The second-order valence-electron chi connectivity index (χ2n) is 10.3. The van der Waals surface area contributed by atoms with Gasteiger partial charge in [0.1, 0.15) is 6.61 Å². The van der Waals surface area contributed by atoms with Crippen LogP contribution >= 0.6 is 0 Å². The van der Waals surface area contributed by atoms with Crippen molar-refractivity contribution in [3.63, 3.8) is 0 Å². The van der Waals surface area contributed by atoms with E-state index in [1.54, 1.807) is 6.92 Å². The highest BCUT2D eigenvalue weighted by atomic mass is 16.5. The van der Waals surface area contributed by atoms with Crippen molar-refractivity contribution >= 4 is 34.2 Å². The molecule has 7 nitrogen and oxygen atoms in total. The summed E-state index contributed by atoms with van der Waals surface area (Å²) < 4.78 is 5.45. The molecule has 1 saturated heterocycles. The molecule has 0 aromatic heterocycles. The van der Waals surface area contributed by atoms with Gasteiger partial charge in [-0.25, -0.2) is 4.79 Å². The van der Waals surface area contributed by atoms with Crippen molar-refractivity contribution in [2.45, 2.75) is 64.0 Å². The van der Waals surface area contributed by atoms with Gasteiger partial charge in [-0.1, -0.05) is 38.0 Å². The first-order chi connectivity index (χ1) is 17.5. The first-order valence-electron chi connectivity index (χ1n) is 13.2. The summed E-state index contributed by atoms with van der Waals surface area (Å²) >= 11 is 0. The van der Waals surface area contributed by atoms with E-state index in [2.05, 4.69) is 16.8 Å². The van der Waals surface area contributed by atoms with E-state index in [9.17, 15) is 14.4 Å². The quantitative estimate of drug-likeness (QED) is 0.335. The van der Waals surface area contributed by atoms with Crippen molar-refractivity contribution in [2.24, 2.45) is 0 Å². The number of rotatable bonds is 8. The first kappa shape index (κ1) is 24.5. The Labute approximate surface area is 212 Å². The van der Waals surface area contributed by atoms with E-state index in [-0.39, 0.29) is 30.4 Å². The van der Waals surface area contributed by atoms with Crippen LogP contribution < -0.4 is 10.2 Å². The summed E-state index contributed by atoms with van der Waals surface area (Å²) in [6, 6.07) is 10.1. The number of esters is 1. The maximum atomic E-state index is 13.5. The molecule has 2 amide bonds. The first-order valence-corrected chi connectivity index (χ1v) is 13.2. The maximum Gasteiger partial charge on any atom is 0.333 e. The molecule has 1 N–H and O–H groups in total. The molecule has 2 aromatic rings. The summed E-state index contributed by atoms with van der Waals surface area (Å²) in [5, 5.41) is 5.04. The Bertz CT molecular complexity index is 1170. The molecule has 2 aliphatic heterocycles. The molecular weight excluding hydrogens is 454 g/mol. The van der Waals surface area contributed by atoms with Crippen LogP contribution in [0.3, 0.4) is 0 Å². The third kappa shape index (κ3) is 4.64. The third-order valence-corrected chi connectivity index (χ3v) is 7.77. The molecular formula is C29H35N3O4. The van der Waals surface area contributed by atoms with Crippen molar-refractivity contribution in [3.8, 4) is 0 Å². The number of carbonyl (C=O) groups excluding carboxylic acids is 3. The Morgan fingerprint density at radius 3 is 2.50 bits per heavy atom. The van der Waals surface area contributed by atoms with Crippen molar-refractivity contribution < 1.29 is 19.1 Å². The number of amides is 2. The van der Waals surface area contributed by atoms with Gasteiger partial charge in [0.15, 0.2) is 0 Å². The van der Waals surface area contributed by atoms with Gasteiger partial charge in [0.25, 0.3) is 11.8 Å². The van der Waals surface area contributed by atoms with Crippen molar-refractivity contribution in [3.05, 3.63) is 53.6 Å². The van der Waals surface area contributed by atoms with E-state index in [1.807, 2.05) is 30.3 Å². The third-order valence-electron chi connectivity index (χ3n) is 7.77. The molecule has 3 aliphatic rings. The monoisotopic (exact) mass is 489 g/mol. The molecule has 1 saturated carbocycles. The Morgan fingerprint density at radius 1 is 1.06 bits per heavy atom. The van der Waals surface area contributed by atoms with Gasteiger partial charge in [0.05, 0.1) is 6.54 Å². The van der Waals surface area contributed by atoms with Crippen LogP contribution in [-0.4, -0.2) is 61.0 Å². The highest BCUT2D eigenvalue weighted by Crippen LogP contribution is 2.38. The molecule has 2 fully saturated rings. The summed E-state index contributed by atoms with van der Waals surface area (Å²) in [6.45, 7) is 7.44. The van der Waals surface area contributed by atoms with Crippen LogP contribution in [0.25, 0.3) is 10.8 Å². The Hall–Kier alpha value is -3.19. The lowest BCUT2D eigenvalue weighted by Gasteiger charge is -2.37. The summed E-state index contributed by atoms with van der Waals surface area (Å²) in [5.41, 5.74) is 2.54. The minimum atomic E-state index is -0.386. The molecule has 7 heteroatoms. The van der Waals surface area contributed by atoms with E-state index in [4.69, 9.17) is 4.74 Å². The zero-order valence-electron chi connectivity index (χ0n) is 21.1. The van der Waals surface area contributed by atoms with Gasteiger partial charge >= 0.3 is 5.97 Å². The van der Waals surface area contributed by atoms with Crippen molar-refractivity contribution in [1.29, 1.82) is 0 Å². The van der Waals surface area contributed by atoms with Gasteiger partial charge in [-0.05, 0) is 57.4 Å². The fourth-order valence-corrected chi connectivity index (χ4v) is 5.93. The van der Waals surface area contributed by atoms with Crippen LogP contribution in [0.15, 0.2) is 42.5 Å². The fraction of sp³-hybridized carbons (Fsp3) is 0.483. The maximum absolute atomic E-state index is 13.5. The predicted octanol–water partition coefficient (Wildman–Crippen LogP) is 4.45. The molecule has 36 heavy (non-hydrogen) atoms. The second-order valence-corrected chi connectivity index (χ2v) is 10.3. The van der Waals surface area contributed by atoms with Crippen LogP contribution in [0.1, 0.15) is 72.6 Å². The number of hydrogen-bond acceptors (Lipinski definition) is 6. The average Bonchev–Trinajstić information content (AvgIpc) is 3.41. The van der Waals surface area contributed by atoms with Crippen molar-refractivity contribution in [2.75, 3.05) is 31.1 Å². The van der Waals surface area contributed by atoms with E-state index < -0.39 is 0 Å². The van der Waals surface area contributed by atoms with Crippen LogP contribution in [0.2, 0.25) is 0 Å². The number of benzene rings is 2. The summed E-state index contributed by atoms with van der Waals surface area (Å²) in [4.78, 5) is 42.7. The second kappa shape index (κ2) is 10.4. The molecule has 190 valence electrons. The molecule has 1 aliphatic carbocycles. The van der Waals surface area contributed by atoms with Gasteiger partial charge in [0, 0.05) is 51.8 Å². The van der Waals surface area contributed by atoms with Crippen LogP contribution in [0.4, 0.5) is 5.69 Å². The Morgan fingerprint density at radius 2 is 1.81 bits per heavy atom. The SMILES string of the molecule is C=C(C)C(=O)OCCN(c1ccc2c3c(cccc13)C(=O)N(CC1CCCN1)C2=O)C1CCCCC1. The lowest BCUT2D eigenvalue weighted by atomic mass is 9.90. The van der Waals surface area contributed by atoms with Gasteiger partial charge in [-0.3, -0.25) is 14.5 Å². The number of hydrogen-bond donors (Lipinski definition) is 1. The summed E-state index contributed by atoms with van der Waals surface area (Å²) in [7, 11) is 0. The highest BCUT2D eigenvalue weighted by Gasteiger charge is 2.36. The fourth-order valence-electron chi connectivity index (χ4n) is 5.93. The summed E-state index contributed by atoms with van der Waals surface area (Å²) in [6.07, 6.45) is 7.72. The largest absolute Gasteiger partial charge is 0.460 e. The number of carbonyl (C=O) groups is 3. The Kier molecular flexibility index (Phi) is 7.10. The molecule has 1 atom stereocenters. The minimum absolute atomic E-state index is 0.154. The van der Waals surface area contributed by atoms with Gasteiger partial charge in [-0.15, -0.1) is 0 Å². The summed E-state index contributed by atoms with van der Waals surface area (Å²) in [5.74, 6) is -0.823. The number of nitrogens with one attached hydrogen (secondary N) is 1. The smallest absolute Gasteiger partial charge is 0.333 e. The Balaban J connectivity index is 1.50. The van der Waals surface area contributed by atoms with E-state index in [1.165, 1.54) is 11.3 Å². The molecule has 2 aromatic carbocycles. The topological polar surface area (TPSA) is 79.0 Å². The van der Waals surface area contributed by atoms with Crippen LogP contribution in [0, 0.1) is 0 Å². The molecule has 0 spiro atoms. The standard InChI is InChI=1S/C29H35N3O4/c1-19(2)29(35)36-17-16-31(21-9-4-3-5-10-21)25-14-13-24-26-22(25)11-6-12-23(26)27(33)32(28(24)34)18-20-8-7-15-30-20/h6,11-14,20-21,30H,1,3-5,7-10,15-18H2,2H3. The zero-order valence-corrected chi connectivity index (χ0v) is 21.1. The average molecular weight is 490 g/mol. The number of imide groups is 1. The van der Waals surface area contributed by atoms with Gasteiger partial charge < -0.3 is 15.0 Å². The molecule has 2 heterocycles. The predicted molar refractivity (Wildman–Crippen MR) is 140 cm³/mol. The minimum Gasteiger partial charge on any atom is -0.460 e. The number of ether oxygens (including phenoxy) is 1. The normalized spacial score (nSPS) is 20.1. The van der Waals surface area contributed by atoms with E-state index >= 15 is 0 Å². The lowest BCUT2D eigenvalue weighted by molar-refractivity contribution is -0.138. The van der Waals surface area contributed by atoms with Crippen LogP contribution in [0.5, 0.6) is 0 Å². The molecule has 5 rings (SSSR count). The van der Waals surface area contributed by atoms with E-state index in [0.29, 0.717) is 35.8 Å². The van der Waals surface area contributed by atoms with Gasteiger partial charge in [0.2, 0.25) is 0 Å². The molecule has 1 unspecified atom stereocenters. The number of nitrogens with zero attached hydrogens (tertiary/aromatic N) is 2. The zero-order chi connectivity index (χ0) is 25.2. The molecule has 0 radical (unpaired) electrons. The van der Waals surface area contributed by atoms with Crippen LogP contribution in [-0.2, 0) is 9.53 Å². The highest BCUT2D eigenvalue weighted by molar-refractivity contribution is 6.26. The molecule has 0 bridgehead atoms. The van der Waals surface area contributed by atoms with E-state index in [0.717, 1.165) is 61.5 Å². The van der Waals surface area contributed by atoms with Gasteiger partial charge in [-0.2, -0.15) is 0 Å². The lowest BCUT2D eigenvalue weighted by Crippen LogP contribution is -2.46.